The average Bonchev–Trinajstić information content (AvgIpc) is 3.01. The van der Waals surface area contributed by atoms with Gasteiger partial charge in [-0.25, -0.2) is 0 Å². The second kappa shape index (κ2) is 4.35. The molecule has 0 spiro atoms. The van der Waals surface area contributed by atoms with Crippen LogP contribution < -0.4 is 5.32 Å². The molecule has 0 radical (unpaired) electrons. The van der Waals surface area contributed by atoms with Crippen molar-refractivity contribution < 1.29 is 0 Å². The molecular weight excluding hydrogens is 204 g/mol. The fourth-order valence-corrected chi connectivity index (χ4v) is 2.88. The van der Waals surface area contributed by atoms with E-state index in [9.17, 15) is 5.26 Å². The Kier molecular flexibility index (Phi) is 3.27. The summed E-state index contributed by atoms with van der Waals surface area (Å²) in [5.74, 6) is 1.58. The molecule has 2 rings (SSSR count). The summed E-state index contributed by atoms with van der Waals surface area (Å²) in [6, 6.07) is 3.21. The van der Waals surface area contributed by atoms with E-state index in [0.29, 0.717) is 17.2 Å². The molecule has 84 valence electrons. The van der Waals surface area contributed by atoms with Crippen LogP contribution in [0.5, 0.6) is 0 Å². The van der Waals surface area contributed by atoms with E-state index in [1.165, 1.54) is 25.7 Å². The summed E-state index contributed by atoms with van der Waals surface area (Å²) in [6.07, 6.45) is 5.02. The van der Waals surface area contributed by atoms with Crippen molar-refractivity contribution in [2.75, 3.05) is 5.75 Å². The lowest BCUT2D eigenvalue weighted by Gasteiger charge is -2.28. The molecule has 1 N–H and O–H groups in total. The van der Waals surface area contributed by atoms with Crippen molar-refractivity contribution in [2.45, 2.75) is 56.4 Å². The van der Waals surface area contributed by atoms with Crippen LogP contribution in [0, 0.1) is 17.2 Å². The molecule has 1 atom stereocenters. The van der Waals surface area contributed by atoms with Crippen LogP contribution in [0.25, 0.3) is 0 Å². The number of nitrogens with one attached hydrogen (secondary N) is 1. The number of hydrogen-bond acceptors (Lipinski definition) is 3. The van der Waals surface area contributed by atoms with Gasteiger partial charge in [-0.1, -0.05) is 13.8 Å². The highest BCUT2D eigenvalue weighted by atomic mass is 32.2. The van der Waals surface area contributed by atoms with E-state index in [1.54, 1.807) is 0 Å². The maximum atomic E-state index is 9.45. The van der Waals surface area contributed by atoms with Crippen LogP contribution >= 0.6 is 11.8 Å². The molecule has 0 saturated heterocycles. The van der Waals surface area contributed by atoms with Gasteiger partial charge in [-0.15, -0.1) is 0 Å². The Labute approximate surface area is 96.8 Å². The van der Waals surface area contributed by atoms with Gasteiger partial charge in [-0.3, -0.25) is 5.32 Å². The standard InChI is InChI=1S/C12H20N2S/c1-9(2)15-8-12(7-13,10-3-4-10)14-11-5-6-11/h9-11,14H,3-6,8H2,1-2H3. The molecular formula is C12H20N2S. The molecule has 2 nitrogen and oxygen atoms in total. The van der Waals surface area contributed by atoms with Crippen LogP contribution in [0.4, 0.5) is 0 Å². The van der Waals surface area contributed by atoms with Crippen LogP contribution in [0.15, 0.2) is 0 Å². The normalized spacial score (nSPS) is 24.9. The largest absolute Gasteiger partial charge is 0.296 e. The topological polar surface area (TPSA) is 35.8 Å². The van der Waals surface area contributed by atoms with E-state index in [1.807, 2.05) is 11.8 Å². The summed E-state index contributed by atoms with van der Waals surface area (Å²) in [5.41, 5.74) is -0.212. The van der Waals surface area contributed by atoms with E-state index >= 15 is 0 Å². The third kappa shape index (κ3) is 2.89. The van der Waals surface area contributed by atoms with Gasteiger partial charge in [-0.05, 0) is 36.9 Å². The highest BCUT2D eigenvalue weighted by molar-refractivity contribution is 7.99. The van der Waals surface area contributed by atoms with Crippen molar-refractivity contribution in [3.63, 3.8) is 0 Å². The third-order valence-electron chi connectivity index (χ3n) is 3.16. The molecule has 2 saturated carbocycles. The molecule has 3 heteroatoms. The molecule has 0 bridgehead atoms. The molecule has 2 fully saturated rings. The first-order valence-corrected chi connectivity index (χ1v) is 7.02. The Morgan fingerprint density at radius 3 is 2.47 bits per heavy atom. The molecule has 15 heavy (non-hydrogen) atoms. The number of nitrogens with zero attached hydrogens (tertiary/aromatic N) is 1. The number of thioether (sulfide) groups is 1. The van der Waals surface area contributed by atoms with Crippen molar-refractivity contribution in [2.24, 2.45) is 5.92 Å². The van der Waals surface area contributed by atoms with Crippen molar-refractivity contribution in [3.05, 3.63) is 0 Å². The van der Waals surface area contributed by atoms with Gasteiger partial charge in [0.05, 0.1) is 6.07 Å². The van der Waals surface area contributed by atoms with Crippen molar-refractivity contribution in [1.29, 1.82) is 5.26 Å². The minimum absolute atomic E-state index is 0.212. The van der Waals surface area contributed by atoms with Gasteiger partial charge in [0, 0.05) is 11.8 Å². The van der Waals surface area contributed by atoms with Gasteiger partial charge in [0.1, 0.15) is 5.54 Å². The molecule has 0 heterocycles. The molecule has 0 aromatic heterocycles. The number of rotatable bonds is 6. The number of nitriles is 1. The summed E-state index contributed by atoms with van der Waals surface area (Å²) in [7, 11) is 0. The molecule has 0 aromatic carbocycles. The van der Waals surface area contributed by atoms with Crippen LogP contribution in [0.3, 0.4) is 0 Å². The van der Waals surface area contributed by atoms with E-state index in [2.05, 4.69) is 25.2 Å². The van der Waals surface area contributed by atoms with Crippen LogP contribution in [0.1, 0.15) is 39.5 Å². The van der Waals surface area contributed by atoms with E-state index in [0.717, 1.165) is 5.75 Å². The Bertz CT molecular complexity index is 263. The smallest absolute Gasteiger partial charge is 0.118 e. The maximum absolute atomic E-state index is 9.45. The van der Waals surface area contributed by atoms with Gasteiger partial charge >= 0.3 is 0 Å². The van der Waals surface area contributed by atoms with E-state index < -0.39 is 0 Å². The lowest BCUT2D eigenvalue weighted by Crippen LogP contribution is -2.49. The Morgan fingerprint density at radius 2 is 2.07 bits per heavy atom. The quantitative estimate of drug-likeness (QED) is 0.753. The van der Waals surface area contributed by atoms with Crippen molar-refractivity contribution in [3.8, 4) is 6.07 Å². The van der Waals surface area contributed by atoms with E-state index in [-0.39, 0.29) is 5.54 Å². The van der Waals surface area contributed by atoms with Crippen LogP contribution in [-0.2, 0) is 0 Å². The second-order valence-electron chi connectivity index (χ2n) is 5.14. The van der Waals surface area contributed by atoms with Gasteiger partial charge in [0.25, 0.3) is 0 Å². The zero-order chi connectivity index (χ0) is 10.9. The monoisotopic (exact) mass is 224 g/mol. The fraction of sp³-hybridized carbons (Fsp3) is 0.917. The summed E-state index contributed by atoms with van der Waals surface area (Å²) < 4.78 is 0. The zero-order valence-corrected chi connectivity index (χ0v) is 10.4. The zero-order valence-electron chi connectivity index (χ0n) is 9.62. The molecule has 2 aliphatic carbocycles. The van der Waals surface area contributed by atoms with Gasteiger partial charge in [0.15, 0.2) is 0 Å². The predicted molar refractivity (Wildman–Crippen MR) is 64.8 cm³/mol. The fourth-order valence-electron chi connectivity index (χ4n) is 1.90. The first kappa shape index (κ1) is 11.3. The first-order chi connectivity index (χ1) is 7.16. The first-order valence-electron chi connectivity index (χ1n) is 5.97. The van der Waals surface area contributed by atoms with Crippen LogP contribution in [0.2, 0.25) is 0 Å². The lowest BCUT2D eigenvalue weighted by atomic mass is 9.97. The maximum Gasteiger partial charge on any atom is 0.118 e. The van der Waals surface area contributed by atoms with Crippen LogP contribution in [-0.4, -0.2) is 22.6 Å². The molecule has 0 amide bonds. The highest BCUT2D eigenvalue weighted by Crippen LogP contribution is 2.43. The predicted octanol–water partition coefficient (Wildman–Crippen LogP) is 2.55. The van der Waals surface area contributed by atoms with Gasteiger partial charge in [-0.2, -0.15) is 17.0 Å². The SMILES string of the molecule is CC(C)SCC(C#N)(NC1CC1)C1CC1. The Balaban J connectivity index is 1.95. The molecule has 1 unspecified atom stereocenters. The molecule has 0 aromatic rings. The van der Waals surface area contributed by atoms with Crippen molar-refractivity contribution >= 4 is 11.8 Å². The summed E-state index contributed by atoms with van der Waals surface area (Å²) in [6.45, 7) is 4.41. The minimum Gasteiger partial charge on any atom is -0.296 e. The Morgan fingerprint density at radius 1 is 1.40 bits per heavy atom. The highest BCUT2D eigenvalue weighted by Gasteiger charge is 2.48. The number of hydrogen-bond donors (Lipinski definition) is 1. The molecule has 0 aliphatic heterocycles. The Hall–Kier alpha value is -0.200. The van der Waals surface area contributed by atoms with Crippen molar-refractivity contribution in [1.82, 2.24) is 5.32 Å². The van der Waals surface area contributed by atoms with E-state index in [4.69, 9.17) is 0 Å². The summed E-state index contributed by atoms with van der Waals surface area (Å²) in [4.78, 5) is 0. The van der Waals surface area contributed by atoms with Gasteiger partial charge < -0.3 is 0 Å². The second-order valence-corrected chi connectivity index (χ2v) is 6.70. The molecule has 2 aliphatic rings. The summed E-state index contributed by atoms with van der Waals surface area (Å²) >= 11 is 1.92. The van der Waals surface area contributed by atoms with Gasteiger partial charge in [0.2, 0.25) is 0 Å². The summed E-state index contributed by atoms with van der Waals surface area (Å²) in [5, 5.41) is 13.7. The minimum atomic E-state index is -0.212. The average molecular weight is 224 g/mol. The third-order valence-corrected chi connectivity index (χ3v) is 4.45. The lowest BCUT2D eigenvalue weighted by molar-refractivity contribution is 0.401.